The summed E-state index contributed by atoms with van der Waals surface area (Å²) >= 11 is 0. The lowest BCUT2D eigenvalue weighted by Gasteiger charge is -2.04. The smallest absolute Gasteiger partial charge is 0.0464 e. The van der Waals surface area contributed by atoms with Crippen molar-refractivity contribution in [3.8, 4) is 0 Å². The highest BCUT2D eigenvalue weighted by Crippen LogP contribution is 2.26. The van der Waals surface area contributed by atoms with Crippen LogP contribution in [0.3, 0.4) is 0 Å². The number of hydrogen-bond acceptors (Lipinski definition) is 1. The maximum absolute atomic E-state index is 3.49. The van der Waals surface area contributed by atoms with Gasteiger partial charge in [-0.3, -0.25) is 0 Å². The zero-order chi connectivity index (χ0) is 11.7. The third-order valence-corrected chi connectivity index (χ3v) is 3.18. The molecule has 0 fully saturated rings. The van der Waals surface area contributed by atoms with Crippen molar-refractivity contribution in [3.05, 3.63) is 34.5 Å². The van der Waals surface area contributed by atoms with E-state index < -0.39 is 0 Å². The molecule has 0 bridgehead atoms. The lowest BCUT2D eigenvalue weighted by molar-refractivity contribution is 0.791. The van der Waals surface area contributed by atoms with Gasteiger partial charge < -0.3 is 10.3 Å². The second-order valence-corrected chi connectivity index (χ2v) is 4.59. The van der Waals surface area contributed by atoms with Crippen molar-refractivity contribution in [1.29, 1.82) is 0 Å². The van der Waals surface area contributed by atoms with Crippen LogP contribution >= 0.6 is 0 Å². The Bertz CT molecular complexity index is 509. The molecule has 1 aromatic heterocycles. The van der Waals surface area contributed by atoms with Gasteiger partial charge in [0, 0.05) is 16.6 Å². The van der Waals surface area contributed by atoms with E-state index in [1.807, 2.05) is 7.05 Å². The highest BCUT2D eigenvalue weighted by Gasteiger charge is 2.10. The van der Waals surface area contributed by atoms with Gasteiger partial charge in [-0.05, 0) is 63.5 Å². The normalized spacial score (nSPS) is 11.2. The van der Waals surface area contributed by atoms with Crippen LogP contribution < -0.4 is 5.32 Å². The first kappa shape index (κ1) is 11.2. The van der Waals surface area contributed by atoms with Crippen molar-refractivity contribution in [2.45, 2.75) is 27.2 Å². The minimum Gasteiger partial charge on any atom is -0.358 e. The minimum atomic E-state index is 1.03. The third-order valence-electron chi connectivity index (χ3n) is 3.18. The number of aromatic nitrogens is 1. The number of fused-ring (bicyclic) bond motifs is 1. The predicted molar refractivity (Wildman–Crippen MR) is 70.1 cm³/mol. The Labute approximate surface area is 97.1 Å². The van der Waals surface area contributed by atoms with E-state index in [-0.39, 0.29) is 0 Å². The monoisotopic (exact) mass is 216 g/mol. The van der Waals surface area contributed by atoms with E-state index in [1.165, 1.54) is 33.3 Å². The van der Waals surface area contributed by atoms with Crippen LogP contribution in [0.2, 0.25) is 0 Å². The Morgan fingerprint density at radius 3 is 2.62 bits per heavy atom. The van der Waals surface area contributed by atoms with Crippen LogP contribution in [0.4, 0.5) is 0 Å². The summed E-state index contributed by atoms with van der Waals surface area (Å²) < 4.78 is 0. The van der Waals surface area contributed by atoms with Crippen LogP contribution in [0.1, 0.15) is 22.4 Å². The number of aromatic amines is 1. The molecule has 0 saturated heterocycles. The zero-order valence-electron chi connectivity index (χ0n) is 10.6. The van der Waals surface area contributed by atoms with Crippen LogP contribution in [0, 0.1) is 20.8 Å². The molecule has 0 spiro atoms. The number of hydrogen-bond donors (Lipinski definition) is 2. The molecular weight excluding hydrogens is 196 g/mol. The van der Waals surface area contributed by atoms with E-state index >= 15 is 0 Å². The fraction of sp³-hybridized carbons (Fsp3) is 0.429. The summed E-state index contributed by atoms with van der Waals surface area (Å²) in [6.45, 7) is 7.54. The van der Waals surface area contributed by atoms with Crippen molar-refractivity contribution in [1.82, 2.24) is 10.3 Å². The molecule has 0 saturated carbocycles. The van der Waals surface area contributed by atoms with Gasteiger partial charge in [0.2, 0.25) is 0 Å². The Morgan fingerprint density at radius 1 is 1.19 bits per heavy atom. The zero-order valence-corrected chi connectivity index (χ0v) is 10.6. The Balaban J connectivity index is 2.59. The van der Waals surface area contributed by atoms with E-state index in [1.54, 1.807) is 0 Å². The molecule has 0 aliphatic rings. The highest BCUT2D eigenvalue weighted by molar-refractivity contribution is 5.88. The molecule has 1 aromatic carbocycles. The molecule has 16 heavy (non-hydrogen) atoms. The van der Waals surface area contributed by atoms with Gasteiger partial charge >= 0.3 is 0 Å². The van der Waals surface area contributed by atoms with E-state index in [9.17, 15) is 0 Å². The maximum Gasteiger partial charge on any atom is 0.0464 e. The van der Waals surface area contributed by atoms with Crippen LogP contribution in [0.15, 0.2) is 12.1 Å². The molecule has 0 aliphatic heterocycles. The third kappa shape index (κ3) is 1.85. The van der Waals surface area contributed by atoms with Gasteiger partial charge in [-0.25, -0.2) is 0 Å². The van der Waals surface area contributed by atoms with Gasteiger partial charge in [0.1, 0.15) is 0 Å². The molecule has 0 amide bonds. The van der Waals surface area contributed by atoms with E-state index in [0.29, 0.717) is 0 Å². The van der Waals surface area contributed by atoms with Crippen molar-refractivity contribution in [2.24, 2.45) is 0 Å². The molecule has 0 atom stereocenters. The molecule has 2 aromatic rings. The van der Waals surface area contributed by atoms with Crippen LogP contribution in [-0.2, 0) is 6.42 Å². The van der Waals surface area contributed by atoms with E-state index in [2.05, 4.69) is 43.2 Å². The molecule has 2 N–H and O–H groups in total. The average Bonchev–Trinajstić information content (AvgIpc) is 2.51. The first-order valence-corrected chi connectivity index (χ1v) is 5.86. The summed E-state index contributed by atoms with van der Waals surface area (Å²) in [6, 6.07) is 4.50. The SMILES string of the molecule is CNCCc1c(C)[nH]c2cc(C)cc(C)c12. The van der Waals surface area contributed by atoms with Crippen molar-refractivity contribution < 1.29 is 0 Å². The first-order chi connectivity index (χ1) is 7.63. The minimum absolute atomic E-state index is 1.03. The van der Waals surface area contributed by atoms with Crippen LogP contribution in [0.5, 0.6) is 0 Å². The number of H-pyrrole nitrogens is 1. The molecule has 0 radical (unpaired) electrons. The maximum atomic E-state index is 3.49. The summed E-state index contributed by atoms with van der Waals surface area (Å²) in [5.41, 5.74) is 6.75. The number of likely N-dealkylation sites (N-methyl/N-ethyl adjacent to an activating group) is 1. The second kappa shape index (κ2) is 4.30. The molecule has 2 rings (SSSR count). The quantitative estimate of drug-likeness (QED) is 0.811. The van der Waals surface area contributed by atoms with Crippen LogP contribution in [0.25, 0.3) is 10.9 Å². The second-order valence-electron chi connectivity index (χ2n) is 4.59. The van der Waals surface area contributed by atoms with Gasteiger partial charge in [-0.15, -0.1) is 0 Å². The highest BCUT2D eigenvalue weighted by atomic mass is 14.8. The Kier molecular flexibility index (Phi) is 3.01. The molecule has 0 aliphatic carbocycles. The fourth-order valence-electron chi connectivity index (χ4n) is 2.49. The Hall–Kier alpha value is -1.28. The molecule has 1 heterocycles. The standard InChI is InChI=1S/C14H20N2/c1-9-7-10(2)14-12(5-6-15-4)11(3)16-13(14)8-9/h7-8,15-16H,5-6H2,1-4H3. The van der Waals surface area contributed by atoms with Gasteiger partial charge in [0.05, 0.1) is 0 Å². The number of aryl methyl sites for hydroxylation is 3. The number of benzene rings is 1. The van der Waals surface area contributed by atoms with Gasteiger partial charge in [-0.2, -0.15) is 0 Å². The number of rotatable bonds is 3. The van der Waals surface area contributed by atoms with Crippen molar-refractivity contribution >= 4 is 10.9 Å². The lowest BCUT2D eigenvalue weighted by atomic mass is 10.0. The molecule has 2 heteroatoms. The molecule has 0 unspecified atom stereocenters. The summed E-state index contributed by atoms with van der Waals surface area (Å²) in [5, 5.41) is 4.63. The van der Waals surface area contributed by atoms with Crippen LogP contribution in [-0.4, -0.2) is 18.6 Å². The summed E-state index contributed by atoms with van der Waals surface area (Å²) in [6.07, 6.45) is 1.09. The summed E-state index contributed by atoms with van der Waals surface area (Å²) in [5.74, 6) is 0. The molecular formula is C14H20N2. The first-order valence-electron chi connectivity index (χ1n) is 5.86. The molecule has 2 nitrogen and oxygen atoms in total. The van der Waals surface area contributed by atoms with Gasteiger partial charge in [0.25, 0.3) is 0 Å². The van der Waals surface area contributed by atoms with Gasteiger partial charge in [-0.1, -0.05) is 6.07 Å². The van der Waals surface area contributed by atoms with Gasteiger partial charge in [0.15, 0.2) is 0 Å². The van der Waals surface area contributed by atoms with E-state index in [0.717, 1.165) is 13.0 Å². The fourth-order valence-corrected chi connectivity index (χ4v) is 2.49. The Morgan fingerprint density at radius 2 is 1.94 bits per heavy atom. The average molecular weight is 216 g/mol. The topological polar surface area (TPSA) is 27.8 Å². The predicted octanol–water partition coefficient (Wildman–Crippen LogP) is 2.86. The lowest BCUT2D eigenvalue weighted by Crippen LogP contribution is -2.10. The van der Waals surface area contributed by atoms with Crippen molar-refractivity contribution in [3.63, 3.8) is 0 Å². The summed E-state index contributed by atoms with van der Waals surface area (Å²) in [7, 11) is 2.00. The largest absolute Gasteiger partial charge is 0.358 e. The molecule has 86 valence electrons. The summed E-state index contributed by atoms with van der Waals surface area (Å²) in [4.78, 5) is 3.49. The number of nitrogens with one attached hydrogen (secondary N) is 2. The van der Waals surface area contributed by atoms with E-state index in [4.69, 9.17) is 0 Å². The van der Waals surface area contributed by atoms with Crippen molar-refractivity contribution in [2.75, 3.05) is 13.6 Å².